The van der Waals surface area contributed by atoms with E-state index in [1.165, 1.54) is 12.1 Å². The third-order valence-electron chi connectivity index (χ3n) is 5.54. The van der Waals surface area contributed by atoms with E-state index in [2.05, 4.69) is 5.32 Å². The van der Waals surface area contributed by atoms with Gasteiger partial charge >= 0.3 is 5.97 Å². The summed E-state index contributed by atoms with van der Waals surface area (Å²) in [5.74, 6) is -0.525. The second-order valence-electron chi connectivity index (χ2n) is 8.10. The number of hydrogen-bond acceptors (Lipinski definition) is 6. The Bertz CT molecular complexity index is 1100. The van der Waals surface area contributed by atoms with Gasteiger partial charge in [-0.2, -0.15) is 0 Å². The van der Waals surface area contributed by atoms with Gasteiger partial charge in [-0.15, -0.1) is 0 Å². The van der Waals surface area contributed by atoms with Crippen LogP contribution in [0.5, 0.6) is 17.2 Å². The van der Waals surface area contributed by atoms with Crippen LogP contribution < -0.4 is 10.1 Å². The molecule has 0 radical (unpaired) electrons. The summed E-state index contributed by atoms with van der Waals surface area (Å²) in [5, 5.41) is 42.2. The SMILES string of the molecule is Cc1cc(-c2ccc(C(=O)O)c(O)c2)cc(C)c1OCCN[C@@H](C)[C@H](O)c1ccc(O)cc1. The maximum absolute atomic E-state index is 11.1. The van der Waals surface area contributed by atoms with Crippen molar-refractivity contribution in [3.63, 3.8) is 0 Å². The molecule has 174 valence electrons. The number of rotatable bonds is 9. The molecule has 0 unspecified atom stereocenters. The van der Waals surface area contributed by atoms with Gasteiger partial charge in [-0.25, -0.2) is 4.79 Å². The summed E-state index contributed by atoms with van der Waals surface area (Å²) < 4.78 is 5.98. The van der Waals surface area contributed by atoms with Crippen LogP contribution in [0.25, 0.3) is 11.1 Å². The molecule has 0 spiro atoms. The molecule has 0 saturated heterocycles. The maximum atomic E-state index is 11.1. The summed E-state index contributed by atoms with van der Waals surface area (Å²) in [7, 11) is 0. The van der Waals surface area contributed by atoms with E-state index in [0.29, 0.717) is 18.7 Å². The number of aromatic hydroxyl groups is 2. The number of nitrogens with one attached hydrogen (secondary N) is 1. The van der Waals surface area contributed by atoms with Crippen LogP contribution in [-0.2, 0) is 0 Å². The topological polar surface area (TPSA) is 119 Å². The molecule has 0 fully saturated rings. The summed E-state index contributed by atoms with van der Waals surface area (Å²) in [5.41, 5.74) is 4.00. The van der Waals surface area contributed by atoms with E-state index < -0.39 is 12.1 Å². The normalized spacial score (nSPS) is 12.8. The summed E-state index contributed by atoms with van der Waals surface area (Å²) in [4.78, 5) is 11.1. The number of hydrogen-bond donors (Lipinski definition) is 5. The molecular weight excluding hydrogens is 422 g/mol. The molecule has 3 aromatic carbocycles. The lowest BCUT2D eigenvalue weighted by Crippen LogP contribution is -2.35. The molecule has 5 N–H and O–H groups in total. The molecule has 0 aliphatic rings. The fourth-order valence-electron chi connectivity index (χ4n) is 3.75. The van der Waals surface area contributed by atoms with Crippen LogP contribution in [0.3, 0.4) is 0 Å². The molecule has 3 aromatic rings. The highest BCUT2D eigenvalue weighted by Crippen LogP contribution is 2.32. The predicted octanol–water partition coefficient (Wildman–Crippen LogP) is 4.17. The number of aryl methyl sites for hydroxylation is 2. The van der Waals surface area contributed by atoms with Crippen LogP contribution in [0.15, 0.2) is 54.6 Å². The molecule has 0 amide bonds. The third kappa shape index (κ3) is 5.83. The Morgan fingerprint density at radius 3 is 2.18 bits per heavy atom. The molecule has 0 aliphatic carbocycles. The van der Waals surface area contributed by atoms with Crippen LogP contribution in [0.1, 0.15) is 40.1 Å². The largest absolute Gasteiger partial charge is 0.508 e. The molecule has 2 atom stereocenters. The molecule has 0 saturated carbocycles. The van der Waals surface area contributed by atoms with Crippen molar-refractivity contribution < 1.29 is 30.0 Å². The number of benzene rings is 3. The molecule has 0 aliphatic heterocycles. The quantitative estimate of drug-likeness (QED) is 0.310. The van der Waals surface area contributed by atoms with E-state index in [9.17, 15) is 20.1 Å². The lowest BCUT2D eigenvalue weighted by atomic mass is 9.98. The van der Waals surface area contributed by atoms with Gasteiger partial charge in [-0.3, -0.25) is 0 Å². The van der Waals surface area contributed by atoms with Crippen molar-refractivity contribution in [2.45, 2.75) is 32.9 Å². The van der Waals surface area contributed by atoms with Crippen molar-refractivity contribution in [1.82, 2.24) is 5.32 Å². The number of carbonyl (C=O) groups is 1. The van der Waals surface area contributed by atoms with Crippen LogP contribution in [0.4, 0.5) is 0 Å². The number of phenols is 2. The zero-order valence-corrected chi connectivity index (χ0v) is 18.9. The van der Waals surface area contributed by atoms with Crippen LogP contribution in [-0.4, -0.2) is 45.6 Å². The van der Waals surface area contributed by atoms with E-state index >= 15 is 0 Å². The summed E-state index contributed by atoms with van der Waals surface area (Å²) >= 11 is 0. The number of phenolic OH excluding ortho intramolecular Hbond substituents is 1. The van der Waals surface area contributed by atoms with Crippen molar-refractivity contribution in [3.8, 4) is 28.4 Å². The lowest BCUT2D eigenvalue weighted by molar-refractivity contribution is 0.0693. The van der Waals surface area contributed by atoms with Gasteiger partial charge in [0.1, 0.15) is 29.4 Å². The first-order valence-electron chi connectivity index (χ1n) is 10.7. The van der Waals surface area contributed by atoms with E-state index in [1.807, 2.05) is 32.9 Å². The van der Waals surface area contributed by atoms with Crippen LogP contribution >= 0.6 is 0 Å². The minimum atomic E-state index is -1.17. The fourth-order valence-corrected chi connectivity index (χ4v) is 3.75. The predicted molar refractivity (Wildman–Crippen MR) is 126 cm³/mol. The monoisotopic (exact) mass is 451 g/mol. The average Bonchev–Trinajstić information content (AvgIpc) is 2.77. The van der Waals surface area contributed by atoms with Crippen molar-refractivity contribution in [2.24, 2.45) is 0 Å². The summed E-state index contributed by atoms with van der Waals surface area (Å²) in [6.45, 7) is 6.68. The highest BCUT2D eigenvalue weighted by atomic mass is 16.5. The fraction of sp³-hybridized carbons (Fsp3) is 0.269. The zero-order chi connectivity index (χ0) is 24.1. The average molecular weight is 452 g/mol. The second-order valence-corrected chi connectivity index (χ2v) is 8.10. The maximum Gasteiger partial charge on any atom is 0.339 e. The first kappa shape index (κ1) is 24.1. The standard InChI is InChI=1S/C26H29NO6/c1-15-12-20(19-6-9-22(26(31)32)23(29)14-19)13-16(2)25(15)33-11-10-27-17(3)24(30)18-4-7-21(28)8-5-18/h4-9,12-14,17,24,27-30H,10-11H2,1-3H3,(H,31,32)/t17-,24-/m0/s1. The minimum Gasteiger partial charge on any atom is -0.508 e. The zero-order valence-electron chi connectivity index (χ0n) is 18.9. The smallest absolute Gasteiger partial charge is 0.339 e. The minimum absolute atomic E-state index is 0.135. The number of ether oxygens (including phenoxy) is 1. The van der Waals surface area contributed by atoms with Crippen molar-refractivity contribution in [2.75, 3.05) is 13.2 Å². The van der Waals surface area contributed by atoms with Crippen molar-refractivity contribution in [3.05, 3.63) is 76.9 Å². The number of aliphatic hydroxyl groups is 1. The molecule has 33 heavy (non-hydrogen) atoms. The Morgan fingerprint density at radius 1 is 0.970 bits per heavy atom. The van der Waals surface area contributed by atoms with Gasteiger partial charge in [0, 0.05) is 12.6 Å². The van der Waals surface area contributed by atoms with Gasteiger partial charge in [0.05, 0.1) is 6.10 Å². The second kappa shape index (κ2) is 10.4. The summed E-state index contributed by atoms with van der Waals surface area (Å²) in [6.07, 6.45) is -0.711. The molecule has 0 bridgehead atoms. The molecule has 7 nitrogen and oxygen atoms in total. The Kier molecular flexibility index (Phi) is 7.58. The Hall–Kier alpha value is -3.55. The van der Waals surface area contributed by atoms with Gasteiger partial charge in [-0.05, 0) is 85.0 Å². The molecule has 0 aromatic heterocycles. The van der Waals surface area contributed by atoms with Gasteiger partial charge < -0.3 is 30.5 Å². The van der Waals surface area contributed by atoms with E-state index in [4.69, 9.17) is 9.84 Å². The molecule has 0 heterocycles. The first-order chi connectivity index (χ1) is 15.7. The van der Waals surface area contributed by atoms with Crippen molar-refractivity contribution in [1.29, 1.82) is 0 Å². The first-order valence-corrected chi connectivity index (χ1v) is 10.7. The highest BCUT2D eigenvalue weighted by molar-refractivity contribution is 5.91. The van der Waals surface area contributed by atoms with Crippen LogP contribution in [0, 0.1) is 13.8 Å². The van der Waals surface area contributed by atoms with E-state index in [-0.39, 0.29) is 23.1 Å². The van der Waals surface area contributed by atoms with Crippen molar-refractivity contribution >= 4 is 5.97 Å². The Labute approximate surface area is 192 Å². The molecule has 3 rings (SSSR count). The third-order valence-corrected chi connectivity index (χ3v) is 5.54. The number of carboxylic acid groups (broad SMARTS) is 1. The lowest BCUT2D eigenvalue weighted by Gasteiger charge is -2.21. The van der Waals surface area contributed by atoms with Gasteiger partial charge in [0.25, 0.3) is 0 Å². The van der Waals surface area contributed by atoms with Crippen LogP contribution in [0.2, 0.25) is 0 Å². The highest BCUT2D eigenvalue weighted by Gasteiger charge is 2.16. The Balaban J connectivity index is 1.60. The number of aromatic carboxylic acids is 1. The van der Waals surface area contributed by atoms with Gasteiger partial charge in [0.15, 0.2) is 0 Å². The van der Waals surface area contributed by atoms with Gasteiger partial charge in [-0.1, -0.05) is 18.2 Å². The molecular formula is C26H29NO6. The molecule has 7 heteroatoms. The number of carboxylic acids is 1. The van der Waals surface area contributed by atoms with E-state index in [1.54, 1.807) is 30.3 Å². The van der Waals surface area contributed by atoms with E-state index in [0.717, 1.165) is 28.0 Å². The number of aliphatic hydroxyl groups excluding tert-OH is 1. The van der Waals surface area contributed by atoms with Gasteiger partial charge in [0.2, 0.25) is 0 Å². The Morgan fingerprint density at radius 2 is 1.61 bits per heavy atom. The summed E-state index contributed by atoms with van der Waals surface area (Å²) in [6, 6.07) is 14.6.